The number of para-hydroxylation sites is 1. The van der Waals surface area contributed by atoms with E-state index in [4.69, 9.17) is 4.74 Å². The van der Waals surface area contributed by atoms with Gasteiger partial charge in [0.05, 0.1) is 12.8 Å². The van der Waals surface area contributed by atoms with Gasteiger partial charge in [0.2, 0.25) is 5.91 Å². The number of hydrogen-bond acceptors (Lipinski definition) is 4. The molecule has 0 bridgehead atoms. The quantitative estimate of drug-likeness (QED) is 0.593. The van der Waals surface area contributed by atoms with Crippen molar-refractivity contribution in [3.05, 3.63) is 83.9 Å². The molecule has 31 heavy (non-hydrogen) atoms. The Morgan fingerprint density at radius 2 is 1.71 bits per heavy atom. The number of rotatable bonds is 7. The van der Waals surface area contributed by atoms with Gasteiger partial charge in [0.25, 0.3) is 10.0 Å². The lowest BCUT2D eigenvalue weighted by Crippen LogP contribution is -2.38. The molecule has 0 aliphatic carbocycles. The van der Waals surface area contributed by atoms with Crippen LogP contribution in [0.1, 0.15) is 5.56 Å². The zero-order valence-corrected chi connectivity index (χ0v) is 17.6. The number of carbonyl (C=O) groups is 1. The van der Waals surface area contributed by atoms with Crippen molar-refractivity contribution in [1.29, 1.82) is 0 Å². The number of sulfonamides is 1. The van der Waals surface area contributed by atoms with Gasteiger partial charge < -0.3 is 10.1 Å². The predicted molar refractivity (Wildman–Crippen MR) is 114 cm³/mol. The lowest BCUT2D eigenvalue weighted by atomic mass is 10.2. The van der Waals surface area contributed by atoms with Crippen molar-refractivity contribution in [2.45, 2.75) is 11.8 Å². The first-order valence-corrected chi connectivity index (χ1v) is 10.6. The Balaban J connectivity index is 1.98. The van der Waals surface area contributed by atoms with Crippen molar-refractivity contribution in [2.24, 2.45) is 0 Å². The molecule has 0 fully saturated rings. The third-order valence-corrected chi connectivity index (χ3v) is 6.22. The van der Waals surface area contributed by atoms with E-state index >= 15 is 0 Å². The molecular weight excluding hydrogens is 426 g/mol. The maximum atomic E-state index is 13.5. The first-order valence-electron chi connectivity index (χ1n) is 9.19. The van der Waals surface area contributed by atoms with Gasteiger partial charge in [-0.3, -0.25) is 9.10 Å². The number of carbonyl (C=O) groups excluding carboxylic acids is 1. The third kappa shape index (κ3) is 5.00. The monoisotopic (exact) mass is 446 g/mol. The summed E-state index contributed by atoms with van der Waals surface area (Å²) in [5.74, 6) is -2.79. The molecule has 0 saturated carbocycles. The van der Waals surface area contributed by atoms with Gasteiger partial charge in [0, 0.05) is 11.8 Å². The topological polar surface area (TPSA) is 75.7 Å². The van der Waals surface area contributed by atoms with Gasteiger partial charge in [-0.25, -0.2) is 17.2 Å². The van der Waals surface area contributed by atoms with Gasteiger partial charge in [0.15, 0.2) is 11.6 Å². The number of anilines is 2. The molecule has 162 valence electrons. The Labute approximate surface area is 179 Å². The summed E-state index contributed by atoms with van der Waals surface area (Å²) >= 11 is 0. The summed E-state index contributed by atoms with van der Waals surface area (Å²) in [4.78, 5) is 12.5. The molecule has 1 N–H and O–H groups in total. The number of halogens is 2. The van der Waals surface area contributed by atoms with Crippen LogP contribution in [0.2, 0.25) is 0 Å². The van der Waals surface area contributed by atoms with Crippen molar-refractivity contribution >= 4 is 27.3 Å². The zero-order valence-electron chi connectivity index (χ0n) is 16.8. The second-order valence-electron chi connectivity index (χ2n) is 6.68. The van der Waals surface area contributed by atoms with Crippen LogP contribution in [0, 0.1) is 18.6 Å². The van der Waals surface area contributed by atoms with Crippen LogP contribution >= 0.6 is 0 Å². The highest BCUT2D eigenvalue weighted by atomic mass is 32.2. The Kier molecular flexibility index (Phi) is 6.55. The fraction of sp³-hybridized carbons (Fsp3) is 0.136. The minimum Gasteiger partial charge on any atom is -0.495 e. The molecule has 0 aliphatic heterocycles. The molecule has 9 heteroatoms. The molecular formula is C22H20F2N2O4S. The molecule has 0 radical (unpaired) electrons. The van der Waals surface area contributed by atoms with Crippen LogP contribution in [0.25, 0.3) is 0 Å². The van der Waals surface area contributed by atoms with Crippen LogP contribution < -0.4 is 14.4 Å². The molecule has 6 nitrogen and oxygen atoms in total. The minimum atomic E-state index is -4.21. The summed E-state index contributed by atoms with van der Waals surface area (Å²) in [6.45, 7) is 1.14. The number of aryl methyl sites for hydroxylation is 1. The number of benzene rings is 3. The van der Waals surface area contributed by atoms with Crippen LogP contribution in [-0.4, -0.2) is 28.0 Å². The SMILES string of the molecule is COc1ccc(C)cc1S(=O)(=O)N(CC(=O)Nc1ccc(F)c(F)c1)c1ccccc1. The standard InChI is InChI=1S/C22H20F2N2O4S/c1-15-8-11-20(30-2)21(12-15)31(28,29)26(17-6-4-3-5-7-17)14-22(27)25-16-9-10-18(23)19(24)13-16/h3-13H,14H2,1-2H3,(H,25,27). The maximum Gasteiger partial charge on any atom is 0.268 e. The van der Waals surface area contributed by atoms with Gasteiger partial charge >= 0.3 is 0 Å². The van der Waals surface area contributed by atoms with Crippen LogP contribution in [0.3, 0.4) is 0 Å². The molecule has 1 amide bonds. The Morgan fingerprint density at radius 3 is 2.35 bits per heavy atom. The van der Waals surface area contributed by atoms with Gasteiger partial charge in [-0.2, -0.15) is 0 Å². The summed E-state index contributed by atoms with van der Waals surface area (Å²) in [6, 6.07) is 15.6. The molecule has 0 atom stereocenters. The summed E-state index contributed by atoms with van der Waals surface area (Å²) in [6.07, 6.45) is 0. The van der Waals surface area contributed by atoms with Gasteiger partial charge in [0.1, 0.15) is 17.2 Å². The lowest BCUT2D eigenvalue weighted by Gasteiger charge is -2.25. The highest BCUT2D eigenvalue weighted by Gasteiger charge is 2.30. The summed E-state index contributed by atoms with van der Waals surface area (Å²) in [7, 11) is -2.85. The van der Waals surface area contributed by atoms with Gasteiger partial charge in [-0.05, 0) is 48.9 Å². The van der Waals surface area contributed by atoms with E-state index in [2.05, 4.69) is 5.32 Å². The molecule has 0 heterocycles. The van der Waals surface area contributed by atoms with E-state index in [0.29, 0.717) is 5.56 Å². The summed E-state index contributed by atoms with van der Waals surface area (Å²) < 4.78 is 59.7. The van der Waals surface area contributed by atoms with Gasteiger partial charge in [-0.1, -0.05) is 24.3 Å². The first kappa shape index (κ1) is 22.2. The summed E-state index contributed by atoms with van der Waals surface area (Å²) in [5, 5.41) is 2.39. The Hall–Kier alpha value is -3.46. The fourth-order valence-electron chi connectivity index (χ4n) is 2.92. The highest BCUT2D eigenvalue weighted by Crippen LogP contribution is 2.30. The number of nitrogens with zero attached hydrogens (tertiary/aromatic N) is 1. The number of nitrogens with one attached hydrogen (secondary N) is 1. The zero-order chi connectivity index (χ0) is 22.6. The van der Waals surface area contributed by atoms with E-state index < -0.39 is 34.1 Å². The van der Waals surface area contributed by atoms with Crippen molar-refractivity contribution in [3.8, 4) is 5.75 Å². The Morgan fingerprint density at radius 1 is 1.00 bits per heavy atom. The third-order valence-electron chi connectivity index (χ3n) is 4.42. The van der Waals surface area contributed by atoms with E-state index in [-0.39, 0.29) is 22.0 Å². The second-order valence-corrected chi connectivity index (χ2v) is 8.51. The normalized spacial score (nSPS) is 11.1. The average molecular weight is 446 g/mol. The molecule has 0 saturated heterocycles. The average Bonchev–Trinajstić information content (AvgIpc) is 2.75. The van der Waals surface area contributed by atoms with Crippen LogP contribution in [0.15, 0.2) is 71.6 Å². The smallest absolute Gasteiger partial charge is 0.268 e. The maximum absolute atomic E-state index is 13.5. The number of hydrogen-bond donors (Lipinski definition) is 1. The fourth-order valence-corrected chi connectivity index (χ4v) is 4.58. The van der Waals surface area contributed by atoms with E-state index in [0.717, 1.165) is 16.4 Å². The van der Waals surface area contributed by atoms with Crippen molar-refractivity contribution in [1.82, 2.24) is 0 Å². The second kappa shape index (κ2) is 9.13. The molecule has 0 aliphatic rings. The number of amides is 1. The highest BCUT2D eigenvalue weighted by molar-refractivity contribution is 7.93. The molecule has 3 aromatic carbocycles. The largest absolute Gasteiger partial charge is 0.495 e. The molecule has 3 rings (SSSR count). The number of methoxy groups -OCH3 is 1. The molecule has 0 aromatic heterocycles. The Bertz CT molecular complexity index is 1200. The van der Waals surface area contributed by atoms with Crippen LogP contribution in [0.4, 0.5) is 20.2 Å². The van der Waals surface area contributed by atoms with E-state index in [1.807, 2.05) is 0 Å². The molecule has 0 spiro atoms. The van der Waals surface area contributed by atoms with Crippen molar-refractivity contribution in [2.75, 3.05) is 23.3 Å². The van der Waals surface area contributed by atoms with Crippen LogP contribution in [0.5, 0.6) is 5.75 Å². The number of ether oxygens (including phenoxy) is 1. The molecule has 0 unspecified atom stereocenters. The van der Waals surface area contributed by atoms with E-state index in [9.17, 15) is 22.0 Å². The van der Waals surface area contributed by atoms with Crippen molar-refractivity contribution < 1.29 is 26.7 Å². The summed E-state index contributed by atoms with van der Waals surface area (Å²) in [5.41, 5.74) is 0.951. The lowest BCUT2D eigenvalue weighted by molar-refractivity contribution is -0.114. The van der Waals surface area contributed by atoms with Crippen LogP contribution in [-0.2, 0) is 14.8 Å². The minimum absolute atomic E-state index is 0.00226. The molecule has 3 aromatic rings. The predicted octanol–water partition coefficient (Wildman–Crippen LogP) is 4.12. The van der Waals surface area contributed by atoms with E-state index in [1.165, 1.54) is 25.3 Å². The van der Waals surface area contributed by atoms with Gasteiger partial charge in [-0.15, -0.1) is 0 Å². The van der Waals surface area contributed by atoms with E-state index in [1.54, 1.807) is 43.3 Å². The van der Waals surface area contributed by atoms with Crippen molar-refractivity contribution in [3.63, 3.8) is 0 Å². The first-order chi connectivity index (χ1) is 14.7.